The van der Waals surface area contributed by atoms with Crippen LogP contribution < -0.4 is 5.32 Å². The smallest absolute Gasteiger partial charge is 0.233 e. The van der Waals surface area contributed by atoms with E-state index in [1.54, 1.807) is 11.3 Å². The number of carbonyl (C=O) groups is 1. The summed E-state index contributed by atoms with van der Waals surface area (Å²) >= 11 is 3.15. The van der Waals surface area contributed by atoms with Gasteiger partial charge in [-0.25, -0.2) is 8.42 Å². The SMILES string of the molecule is CC(Sc1nnc(-c2cc3c(s2)CCC(C(C)(C)C)C3)n1C)C(=O)NC1CCS(=O)(=O)C1. The first-order chi connectivity index (χ1) is 14.9. The zero-order chi connectivity index (χ0) is 23.3. The molecular formula is C22H32N4O3S3. The van der Waals surface area contributed by atoms with Crippen LogP contribution in [0.15, 0.2) is 11.2 Å². The molecule has 0 saturated carbocycles. The molecule has 7 nitrogen and oxygen atoms in total. The van der Waals surface area contributed by atoms with Crippen molar-refractivity contribution in [1.29, 1.82) is 0 Å². The molecule has 176 valence electrons. The van der Waals surface area contributed by atoms with E-state index in [-0.39, 0.29) is 23.5 Å². The summed E-state index contributed by atoms with van der Waals surface area (Å²) in [4.78, 5) is 15.1. The molecule has 1 fully saturated rings. The highest BCUT2D eigenvalue weighted by Gasteiger charge is 2.32. The molecule has 3 unspecified atom stereocenters. The van der Waals surface area contributed by atoms with Gasteiger partial charge in [0.15, 0.2) is 20.8 Å². The van der Waals surface area contributed by atoms with E-state index in [1.165, 1.54) is 28.6 Å². The molecule has 0 radical (unpaired) electrons. The minimum absolute atomic E-state index is 0.0311. The maximum absolute atomic E-state index is 12.6. The Balaban J connectivity index is 1.43. The number of hydrogen-bond acceptors (Lipinski definition) is 7. The summed E-state index contributed by atoms with van der Waals surface area (Å²) in [6.45, 7) is 8.79. The number of thiophene rings is 1. The van der Waals surface area contributed by atoms with Crippen LogP contribution in [0.2, 0.25) is 0 Å². The van der Waals surface area contributed by atoms with Crippen molar-refractivity contribution in [2.45, 2.75) is 69.8 Å². The van der Waals surface area contributed by atoms with Crippen molar-refractivity contribution >= 4 is 38.8 Å². The summed E-state index contributed by atoms with van der Waals surface area (Å²) in [7, 11) is -1.09. The Bertz CT molecular complexity index is 1110. The maximum atomic E-state index is 12.6. The summed E-state index contributed by atoms with van der Waals surface area (Å²) < 4.78 is 25.2. The first-order valence-electron chi connectivity index (χ1n) is 11.1. The Morgan fingerprint density at radius 2 is 2.06 bits per heavy atom. The second-order valence-electron chi connectivity index (χ2n) is 10.1. The molecule has 0 bridgehead atoms. The highest BCUT2D eigenvalue weighted by molar-refractivity contribution is 8.00. The number of rotatable bonds is 5. The second-order valence-corrected chi connectivity index (χ2v) is 14.8. The fourth-order valence-electron chi connectivity index (χ4n) is 4.44. The molecular weight excluding hydrogens is 464 g/mol. The van der Waals surface area contributed by atoms with E-state index in [1.807, 2.05) is 18.5 Å². The average molecular weight is 497 g/mol. The zero-order valence-electron chi connectivity index (χ0n) is 19.3. The van der Waals surface area contributed by atoms with Gasteiger partial charge in [-0.15, -0.1) is 21.5 Å². The highest BCUT2D eigenvalue weighted by Crippen LogP contribution is 2.42. The van der Waals surface area contributed by atoms with Gasteiger partial charge in [-0.3, -0.25) is 4.79 Å². The van der Waals surface area contributed by atoms with Crippen molar-refractivity contribution in [3.63, 3.8) is 0 Å². The van der Waals surface area contributed by atoms with Crippen LogP contribution in [0.25, 0.3) is 10.7 Å². The van der Waals surface area contributed by atoms with Gasteiger partial charge in [0.25, 0.3) is 0 Å². The van der Waals surface area contributed by atoms with Crippen LogP contribution in [-0.2, 0) is 34.5 Å². The van der Waals surface area contributed by atoms with Crippen molar-refractivity contribution in [2.24, 2.45) is 18.4 Å². The molecule has 1 saturated heterocycles. The predicted molar refractivity (Wildman–Crippen MR) is 130 cm³/mol. The third-order valence-electron chi connectivity index (χ3n) is 6.59. The summed E-state index contributed by atoms with van der Waals surface area (Å²) in [6.07, 6.45) is 3.95. The molecule has 3 heterocycles. The number of carbonyl (C=O) groups excluding carboxylic acids is 1. The highest BCUT2D eigenvalue weighted by atomic mass is 32.2. The van der Waals surface area contributed by atoms with E-state index in [9.17, 15) is 13.2 Å². The second kappa shape index (κ2) is 8.76. The summed E-state index contributed by atoms with van der Waals surface area (Å²) in [5.41, 5.74) is 1.75. The fourth-order valence-corrected chi connectivity index (χ4v) is 8.17. The zero-order valence-corrected chi connectivity index (χ0v) is 21.8. The Morgan fingerprint density at radius 1 is 1.31 bits per heavy atom. The van der Waals surface area contributed by atoms with Crippen molar-refractivity contribution in [3.8, 4) is 10.7 Å². The molecule has 32 heavy (non-hydrogen) atoms. The average Bonchev–Trinajstić information content (AvgIpc) is 3.37. The Kier molecular flexibility index (Phi) is 6.50. The van der Waals surface area contributed by atoms with Gasteiger partial charge in [-0.1, -0.05) is 32.5 Å². The minimum atomic E-state index is -3.02. The Morgan fingerprint density at radius 3 is 2.72 bits per heavy atom. The van der Waals surface area contributed by atoms with Crippen LogP contribution in [0.1, 0.15) is 51.0 Å². The number of nitrogens with zero attached hydrogens (tertiary/aromatic N) is 3. The first kappa shape index (κ1) is 23.8. The molecule has 2 aliphatic rings. The summed E-state index contributed by atoms with van der Waals surface area (Å²) in [5.74, 6) is 1.53. The molecule has 1 aliphatic carbocycles. The molecule has 1 N–H and O–H groups in total. The fraction of sp³-hybridized carbons (Fsp3) is 0.682. The third-order valence-corrected chi connectivity index (χ3v) is 10.7. The van der Waals surface area contributed by atoms with E-state index in [0.29, 0.717) is 22.9 Å². The Labute approximate surface area is 198 Å². The number of hydrogen-bond donors (Lipinski definition) is 1. The van der Waals surface area contributed by atoms with Crippen molar-refractivity contribution < 1.29 is 13.2 Å². The van der Waals surface area contributed by atoms with Crippen LogP contribution in [-0.4, -0.2) is 51.9 Å². The van der Waals surface area contributed by atoms with Crippen LogP contribution in [0, 0.1) is 11.3 Å². The minimum Gasteiger partial charge on any atom is -0.351 e. The van der Waals surface area contributed by atoms with Crippen LogP contribution >= 0.6 is 23.1 Å². The standard InChI is InChI=1S/C22H32N4O3S3/c1-13(20(27)23-16-8-9-32(28,29)12-16)30-21-25-24-19(26(21)5)18-11-14-10-15(22(2,3)4)6-7-17(14)31-18/h11,13,15-16H,6-10,12H2,1-5H3,(H,23,27). The van der Waals surface area contributed by atoms with Gasteiger partial charge in [0.2, 0.25) is 5.91 Å². The number of aryl methyl sites for hydroxylation is 1. The van der Waals surface area contributed by atoms with E-state index in [0.717, 1.165) is 23.5 Å². The maximum Gasteiger partial charge on any atom is 0.233 e. The molecule has 2 aromatic rings. The number of thioether (sulfide) groups is 1. The predicted octanol–water partition coefficient (Wildman–Crippen LogP) is 3.48. The van der Waals surface area contributed by atoms with Gasteiger partial charge in [-0.2, -0.15) is 0 Å². The number of amides is 1. The topological polar surface area (TPSA) is 93.9 Å². The molecule has 1 amide bonds. The lowest BCUT2D eigenvalue weighted by Gasteiger charge is -2.33. The van der Waals surface area contributed by atoms with Gasteiger partial charge >= 0.3 is 0 Å². The molecule has 2 aromatic heterocycles. The van der Waals surface area contributed by atoms with E-state index in [2.05, 4.69) is 42.4 Å². The van der Waals surface area contributed by atoms with Crippen LogP contribution in [0.5, 0.6) is 0 Å². The Hall–Kier alpha value is -1.39. The number of nitrogens with one attached hydrogen (secondary N) is 1. The van der Waals surface area contributed by atoms with Crippen molar-refractivity contribution in [1.82, 2.24) is 20.1 Å². The summed E-state index contributed by atoms with van der Waals surface area (Å²) in [5, 5.41) is 11.9. The molecule has 1 aliphatic heterocycles. The lowest BCUT2D eigenvalue weighted by molar-refractivity contribution is -0.120. The molecule has 3 atom stereocenters. The van der Waals surface area contributed by atoms with E-state index >= 15 is 0 Å². The molecule has 0 aromatic carbocycles. The van der Waals surface area contributed by atoms with Gasteiger partial charge in [0, 0.05) is 18.0 Å². The summed E-state index contributed by atoms with van der Waals surface area (Å²) in [6, 6.07) is 1.98. The van der Waals surface area contributed by atoms with Crippen molar-refractivity contribution in [3.05, 3.63) is 16.5 Å². The first-order valence-corrected chi connectivity index (χ1v) is 14.6. The number of aromatic nitrogens is 3. The van der Waals surface area contributed by atoms with Gasteiger partial charge in [0.05, 0.1) is 21.6 Å². The normalized spacial score (nSPS) is 23.7. The molecule has 0 spiro atoms. The lowest BCUT2D eigenvalue weighted by atomic mass is 9.72. The van der Waals surface area contributed by atoms with E-state index < -0.39 is 15.1 Å². The van der Waals surface area contributed by atoms with Crippen LogP contribution in [0.4, 0.5) is 0 Å². The van der Waals surface area contributed by atoms with Gasteiger partial charge in [0.1, 0.15) is 0 Å². The van der Waals surface area contributed by atoms with Crippen LogP contribution in [0.3, 0.4) is 0 Å². The number of sulfone groups is 1. The third kappa shape index (κ3) is 5.07. The molecule has 4 rings (SSSR count). The van der Waals surface area contributed by atoms with E-state index in [4.69, 9.17) is 0 Å². The lowest BCUT2D eigenvalue weighted by Crippen LogP contribution is -2.40. The van der Waals surface area contributed by atoms with Crippen molar-refractivity contribution in [2.75, 3.05) is 11.5 Å². The monoisotopic (exact) mass is 496 g/mol. The number of fused-ring (bicyclic) bond motifs is 1. The largest absolute Gasteiger partial charge is 0.351 e. The molecule has 10 heteroatoms. The van der Waals surface area contributed by atoms with Gasteiger partial charge < -0.3 is 9.88 Å². The van der Waals surface area contributed by atoms with Gasteiger partial charge in [-0.05, 0) is 55.6 Å². The quantitative estimate of drug-likeness (QED) is 0.637.